The van der Waals surface area contributed by atoms with E-state index < -0.39 is 36.1 Å². The van der Waals surface area contributed by atoms with E-state index in [-0.39, 0.29) is 18.4 Å². The Morgan fingerprint density at radius 2 is 1.41 bits per heavy atom. The minimum absolute atomic E-state index is 0.0290. The van der Waals surface area contributed by atoms with Crippen LogP contribution < -0.4 is 0 Å². The van der Waals surface area contributed by atoms with Crippen molar-refractivity contribution in [3.63, 3.8) is 0 Å². The lowest BCUT2D eigenvalue weighted by Crippen LogP contribution is -2.19. The Morgan fingerprint density at radius 1 is 0.784 bits per heavy atom. The molecule has 0 rings (SSSR count). The maximum atomic E-state index is 11.8. The molecular weight excluding hydrogens is 480 g/mol. The first-order valence-corrected chi connectivity index (χ1v) is 11.8. The van der Waals surface area contributed by atoms with Gasteiger partial charge in [0.25, 0.3) is 0 Å². The molecule has 0 aliphatic carbocycles. The second-order valence-corrected chi connectivity index (χ2v) is 8.56. The standard InChI is InChI=1S/C28H38O9/c1-19(2)9-8-10-20(3)15-27(36-23(6)32)16-25(17-29)11-12-28(37-24(7)33)26(18-35-22(5)31)13-14-34-21(4)30/h9,11,13-15,17-18,27-28H,8,10,12,16H2,1-7H3. The molecule has 0 aromatic carbocycles. The summed E-state index contributed by atoms with van der Waals surface area (Å²) in [5.74, 6) is -2.28. The van der Waals surface area contributed by atoms with Gasteiger partial charge in [-0.15, -0.1) is 0 Å². The zero-order chi connectivity index (χ0) is 28.4. The average molecular weight is 519 g/mol. The highest BCUT2D eigenvalue weighted by molar-refractivity contribution is 5.74. The first-order chi connectivity index (χ1) is 17.3. The van der Waals surface area contributed by atoms with Crippen LogP contribution in [0.2, 0.25) is 0 Å². The predicted molar refractivity (Wildman–Crippen MR) is 138 cm³/mol. The van der Waals surface area contributed by atoms with Gasteiger partial charge in [0.2, 0.25) is 0 Å². The third-order valence-corrected chi connectivity index (χ3v) is 4.60. The molecule has 0 amide bonds. The van der Waals surface area contributed by atoms with Gasteiger partial charge in [-0.05, 0) is 51.3 Å². The number of ether oxygens (including phenoxy) is 4. The van der Waals surface area contributed by atoms with Gasteiger partial charge in [0.15, 0.2) is 0 Å². The summed E-state index contributed by atoms with van der Waals surface area (Å²) >= 11 is 0. The van der Waals surface area contributed by atoms with Crippen LogP contribution in [0.1, 0.15) is 74.1 Å². The van der Waals surface area contributed by atoms with Gasteiger partial charge >= 0.3 is 23.9 Å². The number of carbonyl (C=O) groups excluding carboxylic acids is 5. The summed E-state index contributed by atoms with van der Waals surface area (Å²) in [6.07, 6.45) is 9.70. The largest absolute Gasteiger partial charge is 0.458 e. The summed E-state index contributed by atoms with van der Waals surface area (Å²) in [7, 11) is 0. The van der Waals surface area contributed by atoms with Gasteiger partial charge in [-0.3, -0.25) is 24.0 Å². The van der Waals surface area contributed by atoms with E-state index in [1.165, 1.54) is 39.3 Å². The molecule has 0 heterocycles. The number of rotatable bonds is 15. The lowest BCUT2D eigenvalue weighted by atomic mass is 10.0. The minimum atomic E-state index is -0.966. The maximum absolute atomic E-state index is 11.8. The van der Waals surface area contributed by atoms with Crippen LogP contribution >= 0.6 is 0 Å². The first kappa shape index (κ1) is 33.2. The molecule has 0 saturated carbocycles. The fourth-order valence-electron chi connectivity index (χ4n) is 3.04. The second kappa shape index (κ2) is 18.5. The average Bonchev–Trinajstić information content (AvgIpc) is 2.76. The number of hydrogen-bond donors (Lipinski definition) is 0. The molecule has 9 nitrogen and oxygen atoms in total. The normalized spacial score (nSPS) is 13.9. The fourth-order valence-corrected chi connectivity index (χ4v) is 3.04. The number of aldehydes is 1. The van der Waals surface area contributed by atoms with Crippen molar-refractivity contribution < 1.29 is 42.9 Å². The van der Waals surface area contributed by atoms with Gasteiger partial charge in [0.05, 0.1) is 6.26 Å². The van der Waals surface area contributed by atoms with Crippen LogP contribution in [-0.4, -0.2) is 42.4 Å². The minimum Gasteiger partial charge on any atom is -0.458 e. The van der Waals surface area contributed by atoms with E-state index in [0.717, 1.165) is 30.9 Å². The molecule has 0 saturated heterocycles. The highest BCUT2D eigenvalue weighted by Crippen LogP contribution is 2.19. The third-order valence-electron chi connectivity index (χ3n) is 4.60. The molecule has 2 atom stereocenters. The van der Waals surface area contributed by atoms with Crippen LogP contribution in [0.5, 0.6) is 0 Å². The van der Waals surface area contributed by atoms with Gasteiger partial charge in [-0.25, -0.2) is 0 Å². The third kappa shape index (κ3) is 18.2. The van der Waals surface area contributed by atoms with Crippen LogP contribution in [0.3, 0.4) is 0 Å². The summed E-state index contributed by atoms with van der Waals surface area (Å²) in [4.78, 5) is 57.6. The van der Waals surface area contributed by atoms with E-state index in [4.69, 9.17) is 18.9 Å². The van der Waals surface area contributed by atoms with E-state index in [1.54, 1.807) is 6.08 Å². The molecule has 37 heavy (non-hydrogen) atoms. The predicted octanol–water partition coefficient (Wildman–Crippen LogP) is 4.97. The highest BCUT2D eigenvalue weighted by Gasteiger charge is 2.18. The van der Waals surface area contributed by atoms with Crippen molar-refractivity contribution in [1.29, 1.82) is 0 Å². The Kier molecular flexibility index (Phi) is 16.6. The quantitative estimate of drug-likeness (QED) is 0.0562. The molecule has 0 aliphatic rings. The van der Waals surface area contributed by atoms with Crippen molar-refractivity contribution in [2.24, 2.45) is 0 Å². The summed E-state index contributed by atoms with van der Waals surface area (Å²) in [6.45, 7) is 10.9. The molecule has 9 heteroatoms. The van der Waals surface area contributed by atoms with Gasteiger partial charge < -0.3 is 18.9 Å². The van der Waals surface area contributed by atoms with Crippen molar-refractivity contribution in [1.82, 2.24) is 0 Å². The lowest BCUT2D eigenvalue weighted by molar-refractivity contribution is -0.145. The van der Waals surface area contributed by atoms with Crippen LogP contribution in [0.4, 0.5) is 0 Å². The van der Waals surface area contributed by atoms with Crippen molar-refractivity contribution in [2.45, 2.75) is 86.4 Å². The maximum Gasteiger partial charge on any atom is 0.307 e. The molecule has 0 N–H and O–H groups in total. The van der Waals surface area contributed by atoms with Gasteiger partial charge in [0.1, 0.15) is 24.8 Å². The molecule has 2 unspecified atom stereocenters. The highest BCUT2D eigenvalue weighted by atomic mass is 16.6. The van der Waals surface area contributed by atoms with E-state index in [1.807, 2.05) is 26.8 Å². The zero-order valence-corrected chi connectivity index (χ0v) is 22.7. The van der Waals surface area contributed by atoms with E-state index in [9.17, 15) is 24.0 Å². The van der Waals surface area contributed by atoms with E-state index >= 15 is 0 Å². The SMILES string of the molecule is CC(=O)OC=CC(=COC(C)=O)C(CC=C(C=O)CC(C=C(C)CCC=C(C)C)OC(C)=O)OC(C)=O. The molecule has 0 aromatic heterocycles. The van der Waals surface area contributed by atoms with Crippen LogP contribution in [0, 0.1) is 0 Å². The molecule has 0 fully saturated rings. The van der Waals surface area contributed by atoms with Crippen LogP contribution in [0.25, 0.3) is 0 Å². The van der Waals surface area contributed by atoms with Gasteiger partial charge in [-0.2, -0.15) is 0 Å². The number of hydrogen-bond acceptors (Lipinski definition) is 9. The van der Waals surface area contributed by atoms with Crippen molar-refractivity contribution in [3.05, 3.63) is 59.1 Å². The van der Waals surface area contributed by atoms with Gasteiger partial charge in [-0.1, -0.05) is 23.3 Å². The van der Waals surface area contributed by atoms with Crippen molar-refractivity contribution in [2.75, 3.05) is 0 Å². The van der Waals surface area contributed by atoms with Crippen LogP contribution in [0.15, 0.2) is 59.1 Å². The molecule has 0 aliphatic heterocycles. The van der Waals surface area contributed by atoms with Crippen LogP contribution in [-0.2, 0) is 42.9 Å². The smallest absolute Gasteiger partial charge is 0.307 e. The van der Waals surface area contributed by atoms with Crippen molar-refractivity contribution >= 4 is 30.2 Å². The fraction of sp³-hybridized carbons (Fsp3) is 0.464. The van der Waals surface area contributed by atoms with Gasteiger partial charge in [0, 0.05) is 46.1 Å². The lowest BCUT2D eigenvalue weighted by Gasteiger charge is -2.18. The van der Waals surface area contributed by atoms with E-state index in [2.05, 4.69) is 6.08 Å². The zero-order valence-electron chi connectivity index (χ0n) is 22.7. The summed E-state index contributed by atoms with van der Waals surface area (Å²) in [6, 6.07) is 0. The Labute approximate surface area is 218 Å². The molecular formula is C28H38O9. The summed E-state index contributed by atoms with van der Waals surface area (Å²) in [5, 5.41) is 0. The second-order valence-electron chi connectivity index (χ2n) is 8.56. The number of allylic oxidation sites excluding steroid dienone is 3. The first-order valence-electron chi connectivity index (χ1n) is 11.8. The Balaban J connectivity index is 5.91. The monoisotopic (exact) mass is 518 g/mol. The molecule has 0 aromatic rings. The van der Waals surface area contributed by atoms with E-state index in [0.29, 0.717) is 11.9 Å². The summed E-state index contributed by atoms with van der Waals surface area (Å²) < 4.78 is 20.4. The Morgan fingerprint density at radius 3 is 1.92 bits per heavy atom. The summed E-state index contributed by atoms with van der Waals surface area (Å²) in [5.41, 5.74) is 2.74. The Hall–Kier alpha value is -3.75. The molecule has 204 valence electrons. The topological polar surface area (TPSA) is 122 Å². The molecule has 0 radical (unpaired) electrons. The Bertz CT molecular complexity index is 960. The number of esters is 4. The molecule has 0 bridgehead atoms. The number of carbonyl (C=O) groups is 5. The van der Waals surface area contributed by atoms with Crippen molar-refractivity contribution in [3.8, 4) is 0 Å². The molecule has 0 spiro atoms.